The number of carbonyl (C=O) groups is 1. The van der Waals surface area contributed by atoms with E-state index in [0.717, 1.165) is 17.1 Å². The van der Waals surface area contributed by atoms with Gasteiger partial charge < -0.3 is 9.47 Å². The third kappa shape index (κ3) is 5.44. The Morgan fingerprint density at radius 1 is 0.871 bits per heavy atom. The van der Waals surface area contributed by atoms with Crippen LogP contribution >= 0.6 is 0 Å². The lowest BCUT2D eigenvalue weighted by atomic mass is 10.1. The molecule has 162 valence electrons. The molecule has 0 aliphatic heterocycles. The van der Waals surface area contributed by atoms with Crippen LogP contribution in [0.5, 0.6) is 11.5 Å². The maximum absolute atomic E-state index is 13.3. The van der Waals surface area contributed by atoms with Crippen LogP contribution in [-0.2, 0) is 21.2 Å². The van der Waals surface area contributed by atoms with E-state index in [1.807, 2.05) is 12.1 Å². The molecule has 3 rings (SSSR count). The van der Waals surface area contributed by atoms with E-state index in [4.69, 9.17) is 9.47 Å². The molecule has 7 heteroatoms. The van der Waals surface area contributed by atoms with Crippen LogP contribution in [0.3, 0.4) is 0 Å². The molecule has 3 aromatic carbocycles. The smallest absolute Gasteiger partial charge is 0.278 e. The van der Waals surface area contributed by atoms with Gasteiger partial charge in [-0.3, -0.25) is 4.79 Å². The number of sulfonamides is 1. The molecule has 0 N–H and O–H groups in total. The number of rotatable bonds is 9. The fourth-order valence-corrected chi connectivity index (χ4v) is 4.51. The van der Waals surface area contributed by atoms with Gasteiger partial charge in [0.05, 0.1) is 17.7 Å². The second-order valence-electron chi connectivity index (χ2n) is 6.86. The average molecular weight is 440 g/mol. The molecule has 0 aliphatic carbocycles. The molecule has 0 aliphatic rings. The van der Waals surface area contributed by atoms with E-state index < -0.39 is 22.5 Å². The van der Waals surface area contributed by atoms with Crippen molar-refractivity contribution >= 4 is 21.6 Å². The van der Waals surface area contributed by atoms with Crippen LogP contribution in [0.4, 0.5) is 5.69 Å². The fraction of sp³-hybridized carbons (Fsp3) is 0.208. The zero-order valence-corrected chi connectivity index (χ0v) is 18.3. The molecule has 0 saturated carbocycles. The Kier molecular flexibility index (Phi) is 7.31. The number of nitrogens with zero attached hydrogens (tertiary/aromatic N) is 1. The number of anilines is 1. The van der Waals surface area contributed by atoms with Gasteiger partial charge in [0, 0.05) is 0 Å². The number of amides is 1. The first-order valence-electron chi connectivity index (χ1n) is 9.94. The Labute approximate surface area is 183 Å². The van der Waals surface area contributed by atoms with Gasteiger partial charge in [0.25, 0.3) is 15.9 Å². The molecule has 0 unspecified atom stereocenters. The van der Waals surface area contributed by atoms with Gasteiger partial charge in [-0.25, -0.2) is 8.42 Å². The van der Waals surface area contributed by atoms with Crippen molar-refractivity contribution < 1.29 is 22.7 Å². The Hall–Kier alpha value is -3.32. The second-order valence-corrected chi connectivity index (χ2v) is 8.64. The Bertz CT molecular complexity index is 1090. The molecule has 0 bridgehead atoms. The maximum atomic E-state index is 13.3. The summed E-state index contributed by atoms with van der Waals surface area (Å²) in [5, 5.41) is 0. The molecule has 0 radical (unpaired) electrons. The van der Waals surface area contributed by atoms with Gasteiger partial charge in [-0.15, -0.1) is 0 Å². The van der Waals surface area contributed by atoms with Crippen molar-refractivity contribution in [3.8, 4) is 11.5 Å². The van der Waals surface area contributed by atoms with Gasteiger partial charge in [0.1, 0.15) is 11.5 Å². The molecule has 1 amide bonds. The zero-order valence-electron chi connectivity index (χ0n) is 17.5. The number of methoxy groups -OCH3 is 1. The van der Waals surface area contributed by atoms with E-state index in [9.17, 15) is 13.2 Å². The monoisotopic (exact) mass is 439 g/mol. The predicted octanol–water partition coefficient (Wildman–Crippen LogP) is 4.45. The number of carbonyl (C=O) groups excluding carboxylic acids is 1. The second kappa shape index (κ2) is 10.1. The van der Waals surface area contributed by atoms with Gasteiger partial charge in [-0.05, 0) is 60.5 Å². The molecular weight excluding hydrogens is 414 g/mol. The minimum atomic E-state index is -4.13. The van der Waals surface area contributed by atoms with Gasteiger partial charge in [-0.2, -0.15) is 4.31 Å². The molecule has 0 fully saturated rings. The van der Waals surface area contributed by atoms with E-state index in [1.54, 1.807) is 42.5 Å². The first-order chi connectivity index (χ1) is 15.0. The SMILES string of the molecule is CCCc1ccc(OCC(=O)N(c2ccc(OC)cc2)S(=O)(=O)c2ccccc2)cc1. The third-order valence-corrected chi connectivity index (χ3v) is 6.40. The largest absolute Gasteiger partial charge is 0.497 e. The third-order valence-electron chi connectivity index (χ3n) is 4.64. The number of benzene rings is 3. The standard InChI is InChI=1S/C24H25NO5S/c1-3-7-19-10-14-22(15-11-19)30-18-24(26)25(20-12-16-21(29-2)17-13-20)31(27,28)23-8-5-4-6-9-23/h4-6,8-17H,3,7,18H2,1-2H3. The van der Waals surface area contributed by atoms with E-state index in [2.05, 4.69) is 6.92 Å². The average Bonchev–Trinajstić information content (AvgIpc) is 2.80. The normalized spacial score (nSPS) is 11.0. The van der Waals surface area contributed by atoms with Crippen molar-refractivity contribution in [3.05, 3.63) is 84.4 Å². The van der Waals surface area contributed by atoms with Crippen molar-refractivity contribution in [2.24, 2.45) is 0 Å². The van der Waals surface area contributed by atoms with Crippen molar-refractivity contribution in [2.75, 3.05) is 18.0 Å². The summed E-state index contributed by atoms with van der Waals surface area (Å²) in [5.74, 6) is 0.350. The number of hydrogen-bond donors (Lipinski definition) is 0. The summed E-state index contributed by atoms with van der Waals surface area (Å²) in [6.07, 6.45) is 1.99. The number of ether oxygens (including phenoxy) is 2. The summed E-state index contributed by atoms with van der Waals surface area (Å²) in [4.78, 5) is 13.1. The molecular formula is C24H25NO5S. The number of aryl methyl sites for hydroxylation is 1. The predicted molar refractivity (Wildman–Crippen MR) is 120 cm³/mol. The van der Waals surface area contributed by atoms with Crippen LogP contribution in [-0.4, -0.2) is 28.0 Å². The van der Waals surface area contributed by atoms with Gasteiger partial charge >= 0.3 is 0 Å². The lowest BCUT2D eigenvalue weighted by Crippen LogP contribution is -2.40. The van der Waals surface area contributed by atoms with Crippen LogP contribution < -0.4 is 13.8 Å². The quantitative estimate of drug-likeness (QED) is 0.493. The molecule has 0 saturated heterocycles. The number of hydrogen-bond acceptors (Lipinski definition) is 5. The van der Waals surface area contributed by atoms with Crippen LogP contribution in [0.15, 0.2) is 83.8 Å². The first-order valence-corrected chi connectivity index (χ1v) is 11.4. The Morgan fingerprint density at radius 2 is 1.48 bits per heavy atom. The topological polar surface area (TPSA) is 72.9 Å². The minimum absolute atomic E-state index is 0.0167. The molecule has 0 heterocycles. The van der Waals surface area contributed by atoms with Crippen molar-refractivity contribution in [1.29, 1.82) is 0 Å². The minimum Gasteiger partial charge on any atom is -0.497 e. The molecule has 0 spiro atoms. The lowest BCUT2D eigenvalue weighted by Gasteiger charge is -2.23. The summed E-state index contributed by atoms with van der Waals surface area (Å²) in [5.41, 5.74) is 1.38. The van der Waals surface area contributed by atoms with E-state index in [1.165, 1.54) is 36.9 Å². The summed E-state index contributed by atoms with van der Waals surface area (Å²) >= 11 is 0. The van der Waals surface area contributed by atoms with Crippen LogP contribution in [0, 0.1) is 0 Å². The molecule has 0 aromatic heterocycles. The van der Waals surface area contributed by atoms with Crippen LogP contribution in [0.2, 0.25) is 0 Å². The summed E-state index contributed by atoms with van der Waals surface area (Å²) in [7, 11) is -2.62. The van der Waals surface area contributed by atoms with Crippen LogP contribution in [0.1, 0.15) is 18.9 Å². The van der Waals surface area contributed by atoms with E-state index >= 15 is 0 Å². The lowest BCUT2D eigenvalue weighted by molar-refractivity contribution is -0.119. The van der Waals surface area contributed by atoms with Crippen molar-refractivity contribution in [2.45, 2.75) is 24.7 Å². The zero-order chi connectivity index (χ0) is 22.3. The highest BCUT2D eigenvalue weighted by atomic mass is 32.2. The molecule has 6 nitrogen and oxygen atoms in total. The first kappa shape index (κ1) is 22.4. The van der Waals surface area contributed by atoms with Crippen molar-refractivity contribution in [1.82, 2.24) is 0 Å². The van der Waals surface area contributed by atoms with Gasteiger partial charge in [-0.1, -0.05) is 43.7 Å². The molecule has 0 atom stereocenters. The highest BCUT2D eigenvalue weighted by Gasteiger charge is 2.31. The maximum Gasteiger partial charge on any atom is 0.278 e. The van der Waals surface area contributed by atoms with Gasteiger partial charge in [0.2, 0.25) is 0 Å². The Balaban J connectivity index is 1.87. The van der Waals surface area contributed by atoms with Crippen LogP contribution in [0.25, 0.3) is 0 Å². The van der Waals surface area contributed by atoms with E-state index in [-0.39, 0.29) is 10.6 Å². The highest BCUT2D eigenvalue weighted by molar-refractivity contribution is 7.93. The molecule has 3 aromatic rings. The summed E-state index contributed by atoms with van der Waals surface area (Å²) in [6, 6.07) is 21.5. The Morgan fingerprint density at radius 3 is 2.06 bits per heavy atom. The molecule has 31 heavy (non-hydrogen) atoms. The summed E-state index contributed by atoms with van der Waals surface area (Å²) < 4.78 is 38.1. The van der Waals surface area contributed by atoms with Gasteiger partial charge in [0.15, 0.2) is 6.61 Å². The van der Waals surface area contributed by atoms with Crippen molar-refractivity contribution in [3.63, 3.8) is 0 Å². The van der Waals surface area contributed by atoms with E-state index in [0.29, 0.717) is 11.5 Å². The fourth-order valence-electron chi connectivity index (χ4n) is 3.08. The summed E-state index contributed by atoms with van der Waals surface area (Å²) in [6.45, 7) is 1.68. The highest BCUT2D eigenvalue weighted by Crippen LogP contribution is 2.26.